The van der Waals surface area contributed by atoms with Gasteiger partial charge in [-0.25, -0.2) is 14.8 Å². The van der Waals surface area contributed by atoms with E-state index >= 15 is 0 Å². The van der Waals surface area contributed by atoms with Gasteiger partial charge in [0.05, 0.1) is 36.5 Å². The van der Waals surface area contributed by atoms with Crippen molar-refractivity contribution in [3.63, 3.8) is 0 Å². The molecule has 4 aromatic rings. The van der Waals surface area contributed by atoms with Crippen LogP contribution in [0.1, 0.15) is 12.6 Å². The largest absolute Gasteiger partial charge is 0.490 e. The minimum Gasteiger partial charge on any atom is -0.481 e. The number of fused-ring (bicyclic) bond motifs is 1. The van der Waals surface area contributed by atoms with Gasteiger partial charge < -0.3 is 29.0 Å². The molecule has 0 aliphatic heterocycles. The first kappa shape index (κ1) is 27.4. The zero-order valence-corrected chi connectivity index (χ0v) is 21.0. The van der Waals surface area contributed by atoms with E-state index < -0.39 is 12.1 Å². The smallest absolute Gasteiger partial charge is 0.481 e. The van der Waals surface area contributed by atoms with Crippen molar-refractivity contribution < 1.29 is 42.0 Å². The Morgan fingerprint density at radius 1 is 1.00 bits per heavy atom. The molecule has 0 unspecified atom stereocenters. The van der Waals surface area contributed by atoms with Crippen LogP contribution >= 0.6 is 15.9 Å². The Labute approximate surface area is 215 Å². The van der Waals surface area contributed by atoms with Crippen LogP contribution in [0.15, 0.2) is 41.1 Å². The molecule has 0 aromatic carbocycles. The molecule has 4 rings (SSSR count). The molecule has 0 aliphatic rings. The number of aliphatic carboxylic acids is 1. The molecule has 0 radical (unpaired) electrons. The third kappa shape index (κ3) is 6.97. The van der Waals surface area contributed by atoms with E-state index in [1.807, 2.05) is 6.92 Å². The Morgan fingerprint density at radius 3 is 1.97 bits per heavy atom. The molecule has 0 spiro atoms. The van der Waals surface area contributed by atoms with E-state index in [4.69, 9.17) is 28.8 Å². The number of methoxy groups -OCH3 is 2. The Bertz CT molecular complexity index is 1360. The fraction of sp³-hybridized carbons (Fsp3) is 0.227. The van der Waals surface area contributed by atoms with Crippen molar-refractivity contribution in [3.05, 3.63) is 46.8 Å². The van der Waals surface area contributed by atoms with E-state index in [9.17, 15) is 13.2 Å². The normalized spacial score (nSPS) is 10.9. The third-order valence-electron chi connectivity index (χ3n) is 4.47. The molecule has 37 heavy (non-hydrogen) atoms. The van der Waals surface area contributed by atoms with Crippen LogP contribution in [0.2, 0.25) is 0 Å². The average molecular weight is 586 g/mol. The molecular formula is C22H19BrF3N5O6. The zero-order chi connectivity index (χ0) is 27.2. The SMILES string of the molecule is CCc1[nH]c2nc(Oc3ccc(OC)nc3)nc(Oc3ccc(OC)nc3)c2c1Br.O=C(O)C(F)(F)F. The third-order valence-corrected chi connectivity index (χ3v) is 5.34. The van der Waals surface area contributed by atoms with Crippen molar-refractivity contribution in [2.45, 2.75) is 19.5 Å². The molecule has 0 saturated heterocycles. The van der Waals surface area contributed by atoms with Crippen LogP contribution < -0.4 is 18.9 Å². The molecule has 0 bridgehead atoms. The summed E-state index contributed by atoms with van der Waals surface area (Å²) in [5.41, 5.74) is 1.56. The number of rotatable bonds is 7. The van der Waals surface area contributed by atoms with Gasteiger partial charge in [-0.05, 0) is 34.5 Å². The van der Waals surface area contributed by atoms with Gasteiger partial charge in [-0.1, -0.05) is 6.92 Å². The molecule has 0 amide bonds. The van der Waals surface area contributed by atoms with Crippen molar-refractivity contribution >= 4 is 32.9 Å². The number of halogens is 4. The lowest BCUT2D eigenvalue weighted by Crippen LogP contribution is -2.21. The van der Waals surface area contributed by atoms with Gasteiger partial charge in [0.25, 0.3) is 0 Å². The Hall–Kier alpha value is -4.14. The number of hydrogen-bond acceptors (Lipinski definition) is 9. The second-order valence-corrected chi connectivity index (χ2v) is 7.68. The number of alkyl halides is 3. The number of carbonyl (C=O) groups is 1. The number of H-pyrrole nitrogens is 1. The van der Waals surface area contributed by atoms with Crippen LogP contribution in [0.5, 0.6) is 35.1 Å². The summed E-state index contributed by atoms with van der Waals surface area (Å²) in [6, 6.07) is 6.97. The molecule has 0 saturated carbocycles. The number of ether oxygens (including phenoxy) is 4. The van der Waals surface area contributed by atoms with Crippen LogP contribution in [0.25, 0.3) is 11.0 Å². The average Bonchev–Trinajstić information content (AvgIpc) is 3.20. The number of aromatic amines is 1. The predicted octanol–water partition coefficient (Wildman–Crippen LogP) is 5.31. The molecule has 0 fully saturated rings. The maximum atomic E-state index is 10.6. The number of carboxylic acids is 1. The summed E-state index contributed by atoms with van der Waals surface area (Å²) < 4.78 is 54.5. The van der Waals surface area contributed by atoms with Gasteiger partial charge in [0, 0.05) is 17.8 Å². The van der Waals surface area contributed by atoms with Crippen LogP contribution in [0.4, 0.5) is 13.2 Å². The van der Waals surface area contributed by atoms with Gasteiger partial charge in [-0.3, -0.25) is 0 Å². The monoisotopic (exact) mass is 585 g/mol. The minimum absolute atomic E-state index is 0.113. The predicted molar refractivity (Wildman–Crippen MR) is 126 cm³/mol. The highest BCUT2D eigenvalue weighted by molar-refractivity contribution is 9.10. The molecule has 0 atom stereocenters. The van der Waals surface area contributed by atoms with E-state index in [0.717, 1.165) is 16.6 Å². The molecule has 15 heteroatoms. The fourth-order valence-electron chi connectivity index (χ4n) is 2.73. The summed E-state index contributed by atoms with van der Waals surface area (Å²) in [5.74, 6) is -0.496. The summed E-state index contributed by atoms with van der Waals surface area (Å²) in [6.07, 6.45) is -1.22. The van der Waals surface area contributed by atoms with Gasteiger partial charge in [-0.2, -0.15) is 23.1 Å². The topological polar surface area (TPSA) is 142 Å². The maximum Gasteiger partial charge on any atom is 0.490 e. The van der Waals surface area contributed by atoms with Crippen LogP contribution in [-0.2, 0) is 11.2 Å². The van der Waals surface area contributed by atoms with Crippen molar-refractivity contribution in [3.8, 4) is 35.1 Å². The van der Waals surface area contributed by atoms with Crippen molar-refractivity contribution in [1.29, 1.82) is 0 Å². The van der Waals surface area contributed by atoms with E-state index in [2.05, 4.69) is 40.8 Å². The number of aryl methyl sites for hydroxylation is 1. The summed E-state index contributed by atoms with van der Waals surface area (Å²) in [6.45, 7) is 2.04. The van der Waals surface area contributed by atoms with Crippen LogP contribution in [0, 0.1) is 0 Å². The first-order valence-electron chi connectivity index (χ1n) is 10.3. The van der Waals surface area contributed by atoms with Gasteiger partial charge in [0.2, 0.25) is 17.6 Å². The Morgan fingerprint density at radius 2 is 1.54 bits per heavy atom. The number of aromatic nitrogens is 5. The van der Waals surface area contributed by atoms with E-state index in [-0.39, 0.29) is 6.01 Å². The minimum atomic E-state index is -5.08. The highest BCUT2D eigenvalue weighted by atomic mass is 79.9. The van der Waals surface area contributed by atoms with E-state index in [1.165, 1.54) is 6.20 Å². The van der Waals surface area contributed by atoms with Crippen molar-refractivity contribution in [1.82, 2.24) is 24.9 Å². The molecule has 2 N–H and O–H groups in total. The van der Waals surface area contributed by atoms with Crippen LogP contribution in [0.3, 0.4) is 0 Å². The molecular weight excluding hydrogens is 567 g/mol. The van der Waals surface area contributed by atoms with Crippen molar-refractivity contribution in [2.75, 3.05) is 14.2 Å². The lowest BCUT2D eigenvalue weighted by Gasteiger charge is -2.09. The maximum absolute atomic E-state index is 10.6. The second-order valence-electron chi connectivity index (χ2n) is 6.89. The Kier molecular flexibility index (Phi) is 8.70. The number of carboxylic acid groups (broad SMARTS) is 1. The molecule has 11 nitrogen and oxygen atoms in total. The van der Waals surface area contributed by atoms with Gasteiger partial charge >= 0.3 is 18.2 Å². The first-order valence-corrected chi connectivity index (χ1v) is 11.1. The first-order chi connectivity index (χ1) is 17.5. The number of pyridine rings is 2. The lowest BCUT2D eigenvalue weighted by molar-refractivity contribution is -0.192. The quantitative estimate of drug-likeness (QED) is 0.293. The standard InChI is InChI=1S/C20H18BrN5O4.C2HF3O2/c1-4-13-17(21)16-18(24-13)25-20(30-12-6-8-15(28-3)23-10-12)26-19(16)29-11-5-7-14(27-2)22-9-11;3-2(4,5)1(6)7/h5-10H,4H2,1-3H3,(H,24,25,26);(H,6,7). The fourth-order valence-corrected chi connectivity index (χ4v) is 3.47. The molecule has 0 aliphatic carbocycles. The lowest BCUT2D eigenvalue weighted by atomic mass is 10.3. The molecule has 196 valence electrons. The van der Waals surface area contributed by atoms with Crippen molar-refractivity contribution in [2.24, 2.45) is 0 Å². The highest BCUT2D eigenvalue weighted by Crippen LogP contribution is 2.37. The Balaban J connectivity index is 0.000000479. The summed E-state index contributed by atoms with van der Waals surface area (Å²) in [5, 5.41) is 7.84. The van der Waals surface area contributed by atoms with Gasteiger partial charge in [0.15, 0.2) is 0 Å². The van der Waals surface area contributed by atoms with Crippen LogP contribution in [-0.4, -0.2) is 56.4 Å². The number of nitrogens with zero attached hydrogens (tertiary/aromatic N) is 4. The zero-order valence-electron chi connectivity index (χ0n) is 19.5. The highest BCUT2D eigenvalue weighted by Gasteiger charge is 2.38. The van der Waals surface area contributed by atoms with E-state index in [1.54, 1.807) is 44.7 Å². The van der Waals surface area contributed by atoms with Gasteiger partial charge in [-0.15, -0.1) is 0 Å². The molecule has 4 heterocycles. The summed E-state index contributed by atoms with van der Waals surface area (Å²) in [4.78, 5) is 29.4. The summed E-state index contributed by atoms with van der Waals surface area (Å²) in [7, 11) is 3.10. The number of nitrogens with one attached hydrogen (secondary N) is 1. The summed E-state index contributed by atoms with van der Waals surface area (Å²) >= 11 is 3.61. The second kappa shape index (κ2) is 11.7. The number of hydrogen-bond donors (Lipinski definition) is 2. The van der Waals surface area contributed by atoms with Gasteiger partial charge in [0.1, 0.15) is 17.1 Å². The molecule has 4 aromatic heterocycles. The van der Waals surface area contributed by atoms with E-state index in [0.29, 0.717) is 40.2 Å².